The van der Waals surface area contributed by atoms with Crippen LogP contribution in [0.1, 0.15) is 59.3 Å². The minimum atomic E-state index is -0.293. The van der Waals surface area contributed by atoms with Crippen LogP contribution < -0.4 is 5.32 Å². The Morgan fingerprint density at radius 1 is 1.07 bits per heavy atom. The van der Waals surface area contributed by atoms with Crippen LogP contribution in [0.2, 0.25) is 0 Å². The molecule has 0 aliphatic heterocycles. The van der Waals surface area contributed by atoms with Gasteiger partial charge in [-0.3, -0.25) is 5.32 Å². The number of aliphatic hydroxyl groups is 1. The highest BCUT2D eigenvalue weighted by molar-refractivity contribution is 4.57. The zero-order valence-electron chi connectivity index (χ0n) is 10.1. The summed E-state index contributed by atoms with van der Waals surface area (Å²) in [4.78, 5) is 0. The van der Waals surface area contributed by atoms with E-state index in [1.165, 1.54) is 25.7 Å². The molecular formula is C12H27NO. The van der Waals surface area contributed by atoms with Gasteiger partial charge in [-0.15, -0.1) is 0 Å². The normalized spacial score (nSPS) is 15.4. The summed E-state index contributed by atoms with van der Waals surface area (Å²) in [6.07, 6.45) is 6.97. The lowest BCUT2D eigenvalue weighted by Gasteiger charge is -2.13. The van der Waals surface area contributed by atoms with Crippen LogP contribution in [0.4, 0.5) is 0 Å². The van der Waals surface area contributed by atoms with Gasteiger partial charge in [0, 0.05) is 0 Å². The highest BCUT2D eigenvalue weighted by Crippen LogP contribution is 2.15. The molecule has 2 N–H and O–H groups in total. The minimum absolute atomic E-state index is 0.293. The van der Waals surface area contributed by atoms with Crippen LogP contribution in [0.25, 0.3) is 0 Å². The highest BCUT2D eigenvalue weighted by atomic mass is 16.3. The first kappa shape index (κ1) is 13.9. The molecule has 0 fully saturated rings. The van der Waals surface area contributed by atoms with Crippen LogP contribution >= 0.6 is 0 Å². The van der Waals surface area contributed by atoms with Gasteiger partial charge in [-0.05, 0) is 25.3 Å². The molecule has 0 spiro atoms. The van der Waals surface area contributed by atoms with Crippen molar-refractivity contribution in [2.24, 2.45) is 5.92 Å². The molecule has 0 amide bonds. The Balaban J connectivity index is 3.25. The summed E-state index contributed by atoms with van der Waals surface area (Å²) in [5, 5.41) is 12.4. The quantitative estimate of drug-likeness (QED) is 0.562. The monoisotopic (exact) mass is 201 g/mol. The van der Waals surface area contributed by atoms with Crippen molar-refractivity contribution in [3.63, 3.8) is 0 Å². The van der Waals surface area contributed by atoms with Gasteiger partial charge in [-0.2, -0.15) is 0 Å². The first-order chi connectivity index (χ1) is 6.70. The molecule has 86 valence electrons. The third-order valence-electron chi connectivity index (χ3n) is 2.66. The number of nitrogens with one attached hydrogen (secondary N) is 1. The molecule has 0 aromatic carbocycles. The van der Waals surface area contributed by atoms with E-state index in [1.54, 1.807) is 0 Å². The van der Waals surface area contributed by atoms with Crippen LogP contribution in [0.5, 0.6) is 0 Å². The Labute approximate surface area is 89.1 Å². The van der Waals surface area contributed by atoms with Crippen LogP contribution in [0.15, 0.2) is 0 Å². The third-order valence-corrected chi connectivity index (χ3v) is 2.66. The van der Waals surface area contributed by atoms with E-state index in [0.717, 1.165) is 25.3 Å². The number of hydrogen-bond donors (Lipinski definition) is 2. The van der Waals surface area contributed by atoms with Crippen molar-refractivity contribution in [3.8, 4) is 0 Å². The van der Waals surface area contributed by atoms with Gasteiger partial charge in [-0.1, -0.05) is 46.5 Å². The first-order valence-electron chi connectivity index (χ1n) is 6.12. The Kier molecular flexibility index (Phi) is 9.42. The maximum atomic E-state index is 9.43. The van der Waals surface area contributed by atoms with E-state index in [0.29, 0.717) is 0 Å². The van der Waals surface area contributed by atoms with Crippen molar-refractivity contribution >= 4 is 0 Å². The molecule has 0 rings (SSSR count). The Morgan fingerprint density at radius 2 is 1.71 bits per heavy atom. The van der Waals surface area contributed by atoms with Crippen LogP contribution in [-0.4, -0.2) is 17.9 Å². The van der Waals surface area contributed by atoms with E-state index in [2.05, 4.69) is 19.2 Å². The maximum Gasteiger partial charge on any atom is 0.104 e. The van der Waals surface area contributed by atoms with E-state index in [-0.39, 0.29) is 6.23 Å². The lowest BCUT2D eigenvalue weighted by atomic mass is 9.98. The molecule has 0 aromatic heterocycles. The van der Waals surface area contributed by atoms with E-state index in [9.17, 15) is 5.11 Å². The van der Waals surface area contributed by atoms with Crippen molar-refractivity contribution in [3.05, 3.63) is 0 Å². The Morgan fingerprint density at radius 3 is 2.29 bits per heavy atom. The molecule has 2 atom stereocenters. The van der Waals surface area contributed by atoms with E-state index < -0.39 is 0 Å². The fourth-order valence-electron chi connectivity index (χ4n) is 1.69. The number of aliphatic hydroxyl groups excluding tert-OH is 1. The first-order valence-corrected chi connectivity index (χ1v) is 6.12. The average molecular weight is 201 g/mol. The summed E-state index contributed by atoms with van der Waals surface area (Å²) in [6, 6.07) is 0. The lowest BCUT2D eigenvalue weighted by molar-refractivity contribution is 0.125. The Bertz CT molecular complexity index is 117. The summed E-state index contributed by atoms with van der Waals surface area (Å²) >= 11 is 0. The average Bonchev–Trinajstić information content (AvgIpc) is 2.15. The predicted octanol–water partition coefficient (Wildman–Crippen LogP) is 2.91. The fraction of sp³-hybridized carbons (Fsp3) is 1.00. The van der Waals surface area contributed by atoms with Gasteiger partial charge in [0.2, 0.25) is 0 Å². The molecule has 0 saturated heterocycles. The fourth-order valence-corrected chi connectivity index (χ4v) is 1.69. The zero-order valence-corrected chi connectivity index (χ0v) is 10.1. The van der Waals surface area contributed by atoms with Crippen LogP contribution in [-0.2, 0) is 0 Å². The van der Waals surface area contributed by atoms with Gasteiger partial charge >= 0.3 is 0 Å². The molecule has 14 heavy (non-hydrogen) atoms. The minimum Gasteiger partial charge on any atom is -0.379 e. The van der Waals surface area contributed by atoms with Gasteiger partial charge in [-0.25, -0.2) is 0 Å². The van der Waals surface area contributed by atoms with E-state index in [4.69, 9.17) is 0 Å². The number of unbranched alkanes of at least 4 members (excludes halogenated alkanes) is 1. The second kappa shape index (κ2) is 9.47. The van der Waals surface area contributed by atoms with Gasteiger partial charge in [0.15, 0.2) is 0 Å². The SMILES string of the molecule is CCCCC(C)CCCC(O)NCC. The molecule has 2 unspecified atom stereocenters. The zero-order chi connectivity index (χ0) is 10.8. The van der Waals surface area contributed by atoms with Gasteiger partial charge < -0.3 is 5.11 Å². The molecule has 2 nitrogen and oxygen atoms in total. The van der Waals surface area contributed by atoms with Crippen molar-refractivity contribution in [1.82, 2.24) is 5.32 Å². The number of hydrogen-bond acceptors (Lipinski definition) is 2. The summed E-state index contributed by atoms with van der Waals surface area (Å²) in [7, 11) is 0. The third kappa shape index (κ3) is 8.52. The topological polar surface area (TPSA) is 32.3 Å². The molecule has 0 radical (unpaired) electrons. The van der Waals surface area contributed by atoms with Crippen molar-refractivity contribution < 1.29 is 5.11 Å². The van der Waals surface area contributed by atoms with Crippen molar-refractivity contribution in [2.75, 3.05) is 6.54 Å². The smallest absolute Gasteiger partial charge is 0.104 e. The molecule has 2 heteroatoms. The van der Waals surface area contributed by atoms with Crippen molar-refractivity contribution in [2.45, 2.75) is 65.5 Å². The van der Waals surface area contributed by atoms with E-state index >= 15 is 0 Å². The molecule has 0 heterocycles. The van der Waals surface area contributed by atoms with Gasteiger partial charge in [0.05, 0.1) is 0 Å². The molecule has 0 aliphatic rings. The van der Waals surface area contributed by atoms with Crippen LogP contribution in [0.3, 0.4) is 0 Å². The Hall–Kier alpha value is -0.0800. The van der Waals surface area contributed by atoms with Gasteiger partial charge in [0.1, 0.15) is 6.23 Å². The highest BCUT2D eigenvalue weighted by Gasteiger charge is 2.04. The summed E-state index contributed by atoms with van der Waals surface area (Å²) < 4.78 is 0. The van der Waals surface area contributed by atoms with Crippen LogP contribution in [0, 0.1) is 5.92 Å². The lowest BCUT2D eigenvalue weighted by Crippen LogP contribution is -2.28. The van der Waals surface area contributed by atoms with Crippen molar-refractivity contribution in [1.29, 1.82) is 0 Å². The molecule has 0 saturated carbocycles. The number of rotatable bonds is 9. The van der Waals surface area contributed by atoms with Gasteiger partial charge in [0.25, 0.3) is 0 Å². The molecular weight excluding hydrogens is 174 g/mol. The molecule has 0 aromatic rings. The summed E-state index contributed by atoms with van der Waals surface area (Å²) in [5.74, 6) is 0.823. The summed E-state index contributed by atoms with van der Waals surface area (Å²) in [6.45, 7) is 7.43. The summed E-state index contributed by atoms with van der Waals surface area (Å²) in [5.41, 5.74) is 0. The molecule has 0 bridgehead atoms. The van der Waals surface area contributed by atoms with E-state index in [1.807, 2.05) is 6.92 Å². The second-order valence-electron chi connectivity index (χ2n) is 4.25. The second-order valence-corrected chi connectivity index (χ2v) is 4.25. The molecule has 0 aliphatic carbocycles. The predicted molar refractivity (Wildman–Crippen MR) is 62.2 cm³/mol. The largest absolute Gasteiger partial charge is 0.379 e. The standard InChI is InChI=1S/C12H27NO/c1-4-6-8-11(3)9-7-10-12(14)13-5-2/h11-14H,4-10H2,1-3H3. The maximum absolute atomic E-state index is 9.43.